The Labute approximate surface area is 78.6 Å². The van der Waals surface area contributed by atoms with Crippen LogP contribution in [0.15, 0.2) is 12.5 Å². The van der Waals surface area contributed by atoms with Gasteiger partial charge in [-0.1, -0.05) is 13.8 Å². The third-order valence-corrected chi connectivity index (χ3v) is 2.07. The van der Waals surface area contributed by atoms with E-state index in [-0.39, 0.29) is 0 Å². The summed E-state index contributed by atoms with van der Waals surface area (Å²) in [5.41, 5.74) is 6.30. The van der Waals surface area contributed by atoms with E-state index in [4.69, 9.17) is 5.73 Å². The van der Waals surface area contributed by atoms with Crippen LogP contribution in [0.25, 0.3) is 0 Å². The summed E-state index contributed by atoms with van der Waals surface area (Å²) in [4.78, 5) is 7.89. The van der Waals surface area contributed by atoms with Crippen LogP contribution in [0.2, 0.25) is 0 Å². The first-order chi connectivity index (χ1) is 6.27. The minimum Gasteiger partial charge on any atom is -0.394 e. The number of rotatable bonds is 4. The number of nitrogens with two attached hydrogens (primary N) is 1. The second kappa shape index (κ2) is 4.64. The van der Waals surface area contributed by atoms with Crippen LogP contribution >= 0.6 is 0 Å². The largest absolute Gasteiger partial charge is 0.394 e. The Kier molecular flexibility index (Phi) is 3.49. The normalized spacial score (nSPS) is 10.4. The molecule has 1 aromatic rings. The van der Waals surface area contributed by atoms with Crippen LogP contribution in [0.5, 0.6) is 0 Å². The number of hydrogen-bond donors (Lipinski definition) is 2. The fourth-order valence-corrected chi connectivity index (χ4v) is 1.15. The van der Waals surface area contributed by atoms with Crippen molar-refractivity contribution in [3.63, 3.8) is 0 Å². The predicted molar refractivity (Wildman–Crippen MR) is 54.4 cm³/mol. The predicted octanol–water partition coefficient (Wildman–Crippen LogP) is 1.66. The van der Waals surface area contributed by atoms with Gasteiger partial charge in [-0.2, -0.15) is 0 Å². The molecule has 0 radical (unpaired) electrons. The van der Waals surface area contributed by atoms with Crippen LogP contribution in [0, 0.1) is 0 Å². The van der Waals surface area contributed by atoms with Crippen molar-refractivity contribution in [2.24, 2.45) is 0 Å². The van der Waals surface area contributed by atoms with Gasteiger partial charge in [0.1, 0.15) is 6.33 Å². The summed E-state index contributed by atoms with van der Waals surface area (Å²) in [6, 6.07) is 0.442. The summed E-state index contributed by atoms with van der Waals surface area (Å²) in [7, 11) is 0. The summed E-state index contributed by atoms with van der Waals surface area (Å²) in [5.74, 6) is 0.740. The molecule has 0 atom stereocenters. The van der Waals surface area contributed by atoms with E-state index in [0.717, 1.165) is 18.7 Å². The van der Waals surface area contributed by atoms with Gasteiger partial charge in [0.05, 0.1) is 11.9 Å². The van der Waals surface area contributed by atoms with Gasteiger partial charge in [0.15, 0.2) is 5.82 Å². The lowest BCUT2D eigenvalue weighted by atomic mass is 10.2. The highest BCUT2D eigenvalue weighted by molar-refractivity contribution is 5.59. The molecule has 0 saturated carbocycles. The minimum absolute atomic E-state index is 0.442. The highest BCUT2D eigenvalue weighted by Gasteiger charge is 2.05. The minimum atomic E-state index is 0.442. The summed E-state index contributed by atoms with van der Waals surface area (Å²) >= 11 is 0. The van der Waals surface area contributed by atoms with Gasteiger partial charge in [-0.3, -0.25) is 0 Å². The first-order valence-corrected chi connectivity index (χ1v) is 4.59. The molecule has 1 aromatic heterocycles. The maximum atomic E-state index is 5.69. The van der Waals surface area contributed by atoms with Crippen molar-refractivity contribution in [2.45, 2.75) is 32.7 Å². The molecule has 3 N–H and O–H groups in total. The number of anilines is 2. The topological polar surface area (TPSA) is 63.8 Å². The first-order valence-electron chi connectivity index (χ1n) is 4.59. The quantitative estimate of drug-likeness (QED) is 0.739. The van der Waals surface area contributed by atoms with Gasteiger partial charge in [0.2, 0.25) is 0 Å². The van der Waals surface area contributed by atoms with Crippen LogP contribution in [0.4, 0.5) is 11.5 Å². The Morgan fingerprint density at radius 2 is 2.15 bits per heavy atom. The molecule has 0 aliphatic heterocycles. The lowest BCUT2D eigenvalue weighted by Gasteiger charge is -2.15. The van der Waals surface area contributed by atoms with Gasteiger partial charge < -0.3 is 11.1 Å². The number of hydrogen-bond acceptors (Lipinski definition) is 4. The van der Waals surface area contributed by atoms with Gasteiger partial charge in [0.25, 0.3) is 0 Å². The molecule has 13 heavy (non-hydrogen) atoms. The number of nitrogens with one attached hydrogen (secondary N) is 1. The van der Waals surface area contributed by atoms with E-state index < -0.39 is 0 Å². The third kappa shape index (κ3) is 2.57. The van der Waals surface area contributed by atoms with E-state index in [9.17, 15) is 0 Å². The summed E-state index contributed by atoms with van der Waals surface area (Å²) in [6.45, 7) is 4.27. The average molecular weight is 180 g/mol. The van der Waals surface area contributed by atoms with Gasteiger partial charge in [-0.15, -0.1) is 0 Å². The molecule has 4 heteroatoms. The van der Waals surface area contributed by atoms with E-state index in [1.807, 2.05) is 0 Å². The van der Waals surface area contributed by atoms with Crippen molar-refractivity contribution in [1.82, 2.24) is 9.97 Å². The van der Waals surface area contributed by atoms with E-state index in [1.54, 1.807) is 6.20 Å². The zero-order valence-corrected chi connectivity index (χ0v) is 8.12. The fraction of sp³-hybridized carbons (Fsp3) is 0.556. The maximum absolute atomic E-state index is 5.69. The summed E-state index contributed by atoms with van der Waals surface area (Å²) in [5, 5.41) is 3.27. The Bertz CT molecular complexity index is 258. The zero-order chi connectivity index (χ0) is 9.68. The van der Waals surface area contributed by atoms with Crippen LogP contribution in [-0.2, 0) is 0 Å². The van der Waals surface area contributed by atoms with Crippen molar-refractivity contribution in [3.05, 3.63) is 12.5 Å². The molecule has 0 unspecified atom stereocenters. The molecule has 0 aromatic carbocycles. The van der Waals surface area contributed by atoms with E-state index in [1.165, 1.54) is 6.33 Å². The van der Waals surface area contributed by atoms with Crippen molar-refractivity contribution in [1.29, 1.82) is 0 Å². The average Bonchev–Trinajstić information content (AvgIpc) is 2.17. The molecule has 0 spiro atoms. The molecule has 0 fully saturated rings. The number of nitrogen functional groups attached to an aromatic ring is 1. The van der Waals surface area contributed by atoms with Crippen molar-refractivity contribution < 1.29 is 0 Å². The lowest BCUT2D eigenvalue weighted by Crippen LogP contribution is -2.18. The first kappa shape index (κ1) is 9.77. The summed E-state index contributed by atoms with van der Waals surface area (Å²) < 4.78 is 0. The van der Waals surface area contributed by atoms with Gasteiger partial charge in [-0.05, 0) is 12.8 Å². The molecule has 1 rings (SSSR count). The zero-order valence-electron chi connectivity index (χ0n) is 8.12. The molecule has 0 aliphatic carbocycles. The standard InChI is InChI=1S/C9H16N4/c1-3-7(4-2)13-9-8(10)5-11-6-12-9/h5-7H,3-4,10H2,1-2H3,(H,11,12,13). The Balaban J connectivity index is 2.67. The smallest absolute Gasteiger partial charge is 0.152 e. The number of aromatic nitrogens is 2. The molecule has 0 saturated heterocycles. The Morgan fingerprint density at radius 3 is 2.69 bits per heavy atom. The molecular weight excluding hydrogens is 164 g/mol. The molecular formula is C9H16N4. The molecule has 0 bridgehead atoms. The molecule has 0 aliphatic rings. The SMILES string of the molecule is CCC(CC)Nc1ncncc1N. The highest BCUT2D eigenvalue weighted by Crippen LogP contribution is 2.14. The fourth-order valence-electron chi connectivity index (χ4n) is 1.15. The van der Waals surface area contributed by atoms with Crippen molar-refractivity contribution in [2.75, 3.05) is 11.1 Å². The van der Waals surface area contributed by atoms with Crippen LogP contribution < -0.4 is 11.1 Å². The summed E-state index contributed by atoms with van der Waals surface area (Å²) in [6.07, 6.45) is 5.25. The second-order valence-electron chi connectivity index (χ2n) is 2.98. The Hall–Kier alpha value is -1.32. The molecule has 72 valence electrons. The lowest BCUT2D eigenvalue weighted by molar-refractivity contribution is 0.668. The second-order valence-corrected chi connectivity index (χ2v) is 2.98. The number of nitrogens with zero attached hydrogens (tertiary/aromatic N) is 2. The maximum Gasteiger partial charge on any atom is 0.152 e. The highest BCUT2D eigenvalue weighted by atomic mass is 15.1. The monoisotopic (exact) mass is 180 g/mol. The van der Waals surface area contributed by atoms with Crippen molar-refractivity contribution >= 4 is 11.5 Å². The van der Waals surface area contributed by atoms with Crippen LogP contribution in [-0.4, -0.2) is 16.0 Å². The van der Waals surface area contributed by atoms with Crippen molar-refractivity contribution in [3.8, 4) is 0 Å². The van der Waals surface area contributed by atoms with Gasteiger partial charge >= 0.3 is 0 Å². The van der Waals surface area contributed by atoms with Gasteiger partial charge in [-0.25, -0.2) is 9.97 Å². The Morgan fingerprint density at radius 1 is 1.46 bits per heavy atom. The van der Waals surface area contributed by atoms with Crippen LogP contribution in [0.1, 0.15) is 26.7 Å². The van der Waals surface area contributed by atoms with E-state index in [0.29, 0.717) is 11.7 Å². The van der Waals surface area contributed by atoms with E-state index in [2.05, 4.69) is 29.1 Å². The third-order valence-electron chi connectivity index (χ3n) is 2.07. The molecule has 4 nitrogen and oxygen atoms in total. The molecule has 1 heterocycles. The van der Waals surface area contributed by atoms with Crippen LogP contribution in [0.3, 0.4) is 0 Å². The molecule has 0 amide bonds. The van der Waals surface area contributed by atoms with E-state index >= 15 is 0 Å². The van der Waals surface area contributed by atoms with Gasteiger partial charge in [0, 0.05) is 6.04 Å².